The van der Waals surface area contributed by atoms with Crippen LogP contribution in [0.5, 0.6) is 0 Å². The first-order valence-electron chi connectivity index (χ1n) is 4.66. The quantitative estimate of drug-likeness (QED) is 0.721. The molecule has 0 aliphatic carbocycles. The molecule has 14 heavy (non-hydrogen) atoms. The second-order valence-electron chi connectivity index (χ2n) is 5.53. The maximum absolute atomic E-state index is 11.8. The fourth-order valence-corrected chi connectivity index (χ4v) is 2.70. The van der Waals surface area contributed by atoms with Gasteiger partial charge in [-0.3, -0.25) is 0 Å². The van der Waals surface area contributed by atoms with Crippen LogP contribution in [0.2, 0.25) is 0 Å². The Balaban J connectivity index is 4.85. The van der Waals surface area contributed by atoms with Gasteiger partial charge in [0.05, 0.1) is 0 Å². The third-order valence-corrected chi connectivity index (χ3v) is 2.93. The summed E-state index contributed by atoms with van der Waals surface area (Å²) in [5.74, 6) is -0.0359. The monoisotopic (exact) mass is 272 g/mol. The van der Waals surface area contributed by atoms with Crippen molar-refractivity contribution < 1.29 is 33.8 Å². The summed E-state index contributed by atoms with van der Waals surface area (Å²) < 4.78 is 0.456. The molecule has 0 aromatic carbocycles. The van der Waals surface area contributed by atoms with Crippen LogP contribution in [0.25, 0.3) is 0 Å². The first-order chi connectivity index (χ1) is 5.98. The number of carbonyl (C=O) groups excluding carboxylic acids is 2. The summed E-state index contributed by atoms with van der Waals surface area (Å²) in [6.45, 7) is 11.1. The molecule has 3 heteroatoms. The Hall–Kier alpha value is 0.0931. The first kappa shape index (κ1) is 14.1. The molecule has 0 saturated heterocycles. The summed E-state index contributed by atoms with van der Waals surface area (Å²) in [6, 6.07) is 0. The van der Waals surface area contributed by atoms with E-state index in [0.29, 0.717) is 3.21 Å². The SMILES string of the molecule is CC(C)(C)C(=O)[C](=[Zr])C(=O)C(C)(C)C. The zero-order valence-corrected chi connectivity index (χ0v) is 12.3. The van der Waals surface area contributed by atoms with Gasteiger partial charge in [-0.05, 0) is 0 Å². The predicted octanol–water partition coefficient (Wildman–Crippen LogP) is 1.94. The topological polar surface area (TPSA) is 34.1 Å². The van der Waals surface area contributed by atoms with E-state index in [0.717, 1.165) is 24.2 Å². The fraction of sp³-hybridized carbons (Fsp3) is 0.727. The van der Waals surface area contributed by atoms with Gasteiger partial charge < -0.3 is 0 Å². The van der Waals surface area contributed by atoms with Crippen LogP contribution in [0.3, 0.4) is 0 Å². The van der Waals surface area contributed by atoms with Crippen molar-refractivity contribution in [2.24, 2.45) is 10.8 Å². The Bertz CT molecular complexity index is 249. The van der Waals surface area contributed by atoms with Gasteiger partial charge in [0.25, 0.3) is 0 Å². The van der Waals surface area contributed by atoms with E-state index in [-0.39, 0.29) is 11.6 Å². The molecule has 0 atom stereocenters. The zero-order valence-electron chi connectivity index (χ0n) is 9.82. The third-order valence-electron chi connectivity index (χ3n) is 1.82. The second-order valence-corrected chi connectivity index (χ2v) is 6.76. The van der Waals surface area contributed by atoms with Gasteiger partial charge in [-0.15, -0.1) is 0 Å². The molecule has 0 fully saturated rings. The molecule has 0 bridgehead atoms. The van der Waals surface area contributed by atoms with Gasteiger partial charge in [0.15, 0.2) is 0 Å². The molecule has 0 amide bonds. The van der Waals surface area contributed by atoms with E-state index in [1.54, 1.807) is 0 Å². The summed E-state index contributed by atoms with van der Waals surface area (Å²) >= 11 is 0.920. The van der Waals surface area contributed by atoms with E-state index in [9.17, 15) is 9.59 Å². The molecule has 0 spiro atoms. The molecule has 0 aliphatic heterocycles. The Morgan fingerprint density at radius 2 is 1.00 bits per heavy atom. The summed E-state index contributed by atoms with van der Waals surface area (Å²) in [5, 5.41) is 0. The van der Waals surface area contributed by atoms with E-state index in [1.807, 2.05) is 41.5 Å². The number of carbonyl (C=O) groups is 2. The van der Waals surface area contributed by atoms with Crippen LogP contribution in [0.15, 0.2) is 0 Å². The van der Waals surface area contributed by atoms with Gasteiger partial charge in [-0.2, -0.15) is 0 Å². The summed E-state index contributed by atoms with van der Waals surface area (Å²) in [6.07, 6.45) is 0. The van der Waals surface area contributed by atoms with Gasteiger partial charge in [0.2, 0.25) is 0 Å². The van der Waals surface area contributed by atoms with Crippen molar-refractivity contribution in [2.45, 2.75) is 41.5 Å². The van der Waals surface area contributed by atoms with Crippen molar-refractivity contribution in [2.75, 3.05) is 0 Å². The van der Waals surface area contributed by atoms with E-state index in [1.165, 1.54) is 0 Å². The Labute approximate surface area is 101 Å². The Kier molecular flexibility index (Phi) is 4.33. The summed E-state index contributed by atoms with van der Waals surface area (Å²) in [4.78, 5) is 23.6. The molecule has 2 nitrogen and oxygen atoms in total. The standard InChI is InChI=1S/C11H18O2.Zr/c1-10(2,3)8(12)7-9(13)11(4,5)6;/h1-6H3;. The number of hydrogen-bond donors (Lipinski definition) is 0. The van der Waals surface area contributed by atoms with Crippen LogP contribution in [-0.2, 0) is 33.8 Å². The van der Waals surface area contributed by atoms with Crippen LogP contribution in [-0.4, -0.2) is 14.8 Å². The number of hydrogen-bond acceptors (Lipinski definition) is 2. The van der Waals surface area contributed by atoms with Gasteiger partial charge in [0.1, 0.15) is 0 Å². The number of Topliss-reactive ketones (excluding diaryl/α,β-unsaturated/α-hetero) is 2. The predicted molar refractivity (Wildman–Crippen MR) is 53.9 cm³/mol. The maximum atomic E-state index is 11.8. The first-order valence-corrected chi connectivity index (χ1v) is 5.89. The minimum absolute atomic E-state index is 0.0179. The van der Waals surface area contributed by atoms with Crippen LogP contribution >= 0.6 is 0 Å². The zero-order chi connectivity index (χ0) is 11.7. The van der Waals surface area contributed by atoms with Crippen LogP contribution in [0, 0.1) is 10.8 Å². The average Bonchev–Trinajstić information content (AvgIpc) is 1.97. The Morgan fingerprint density at radius 3 is 1.14 bits per heavy atom. The van der Waals surface area contributed by atoms with E-state index >= 15 is 0 Å². The normalized spacial score (nSPS) is 12.4. The molecule has 0 N–H and O–H groups in total. The average molecular weight is 273 g/mol. The molecule has 0 unspecified atom stereocenters. The molecule has 0 heterocycles. The molecule has 78 valence electrons. The van der Waals surface area contributed by atoms with Gasteiger partial charge in [-0.1, -0.05) is 0 Å². The minimum atomic E-state index is -0.445. The van der Waals surface area contributed by atoms with Crippen LogP contribution < -0.4 is 0 Å². The van der Waals surface area contributed by atoms with Crippen molar-refractivity contribution in [3.63, 3.8) is 0 Å². The Morgan fingerprint density at radius 1 is 0.786 bits per heavy atom. The summed E-state index contributed by atoms with van der Waals surface area (Å²) in [7, 11) is 0. The van der Waals surface area contributed by atoms with Gasteiger partial charge in [0, 0.05) is 0 Å². The molecule has 0 saturated carbocycles. The van der Waals surface area contributed by atoms with Crippen molar-refractivity contribution >= 4 is 14.8 Å². The number of rotatable bonds is 2. The summed E-state index contributed by atoms with van der Waals surface area (Å²) in [5.41, 5.74) is -0.890. The van der Waals surface area contributed by atoms with Gasteiger partial charge >= 0.3 is 101 Å². The van der Waals surface area contributed by atoms with Gasteiger partial charge in [-0.25, -0.2) is 0 Å². The third kappa shape index (κ3) is 3.69. The van der Waals surface area contributed by atoms with Crippen molar-refractivity contribution in [3.8, 4) is 0 Å². The van der Waals surface area contributed by atoms with E-state index in [2.05, 4.69) is 0 Å². The second kappa shape index (κ2) is 4.30. The van der Waals surface area contributed by atoms with Crippen molar-refractivity contribution in [1.82, 2.24) is 0 Å². The molecular weight excluding hydrogens is 255 g/mol. The molecule has 0 radical (unpaired) electrons. The molecule has 0 rings (SSSR count). The van der Waals surface area contributed by atoms with Crippen LogP contribution in [0.4, 0.5) is 0 Å². The van der Waals surface area contributed by atoms with Crippen molar-refractivity contribution in [1.29, 1.82) is 0 Å². The van der Waals surface area contributed by atoms with Crippen molar-refractivity contribution in [3.05, 3.63) is 0 Å². The van der Waals surface area contributed by atoms with E-state index < -0.39 is 10.8 Å². The molecular formula is C11H18O2Zr. The fourth-order valence-electron chi connectivity index (χ4n) is 0.853. The molecule has 0 aromatic heterocycles. The molecule has 0 aromatic rings. The molecule has 0 aliphatic rings. The van der Waals surface area contributed by atoms with Crippen LogP contribution in [0.1, 0.15) is 41.5 Å². The number of ketones is 2. The van der Waals surface area contributed by atoms with E-state index in [4.69, 9.17) is 0 Å².